The summed E-state index contributed by atoms with van der Waals surface area (Å²) in [5.74, 6) is 0. The van der Waals surface area contributed by atoms with Crippen LogP contribution in [-0.2, 0) is 6.54 Å². The van der Waals surface area contributed by atoms with Crippen LogP contribution in [0.1, 0.15) is 40.0 Å². The largest absolute Gasteiger partial charge is 0.370 e. The van der Waals surface area contributed by atoms with Gasteiger partial charge in [0, 0.05) is 25.2 Å². The molecule has 2 rings (SSSR count). The SMILES string of the molecule is CNC(Cn1ncc(N2CCCCC2)cc1=O)C(C)(C)C. The lowest BCUT2D eigenvalue weighted by molar-refractivity contribution is 0.244. The maximum atomic E-state index is 12.3. The van der Waals surface area contributed by atoms with E-state index in [2.05, 4.69) is 36.1 Å². The second-order valence-electron chi connectivity index (χ2n) is 6.99. The number of likely N-dealkylation sites (N-methyl/N-ethyl adjacent to an activating group) is 1. The Balaban J connectivity index is 2.13. The Kier molecular flexibility index (Phi) is 5.04. The Morgan fingerprint density at radius 1 is 1.29 bits per heavy atom. The smallest absolute Gasteiger partial charge is 0.268 e. The first kappa shape index (κ1) is 16.0. The van der Waals surface area contributed by atoms with Crippen LogP contribution in [0.15, 0.2) is 17.1 Å². The van der Waals surface area contributed by atoms with Crippen molar-refractivity contribution in [1.29, 1.82) is 0 Å². The van der Waals surface area contributed by atoms with Crippen LogP contribution in [0.5, 0.6) is 0 Å². The van der Waals surface area contributed by atoms with E-state index < -0.39 is 0 Å². The van der Waals surface area contributed by atoms with E-state index in [0.29, 0.717) is 6.54 Å². The first-order chi connectivity index (χ1) is 9.91. The van der Waals surface area contributed by atoms with Crippen molar-refractivity contribution >= 4 is 5.69 Å². The molecule has 2 heterocycles. The molecule has 0 amide bonds. The predicted octanol–water partition coefficient (Wildman–Crippen LogP) is 1.87. The van der Waals surface area contributed by atoms with E-state index in [9.17, 15) is 4.79 Å². The maximum Gasteiger partial charge on any atom is 0.268 e. The highest BCUT2D eigenvalue weighted by Gasteiger charge is 2.24. The molecule has 5 heteroatoms. The Hall–Kier alpha value is -1.36. The van der Waals surface area contributed by atoms with Crippen molar-refractivity contribution in [2.75, 3.05) is 25.0 Å². The van der Waals surface area contributed by atoms with Crippen molar-refractivity contribution in [3.8, 4) is 0 Å². The van der Waals surface area contributed by atoms with Gasteiger partial charge >= 0.3 is 0 Å². The van der Waals surface area contributed by atoms with Gasteiger partial charge in [-0.3, -0.25) is 4.79 Å². The minimum atomic E-state index is -0.0115. The monoisotopic (exact) mass is 292 g/mol. The lowest BCUT2D eigenvalue weighted by atomic mass is 9.87. The van der Waals surface area contributed by atoms with Crippen LogP contribution >= 0.6 is 0 Å². The van der Waals surface area contributed by atoms with E-state index in [-0.39, 0.29) is 17.0 Å². The molecule has 5 nitrogen and oxygen atoms in total. The number of rotatable bonds is 4. The van der Waals surface area contributed by atoms with Gasteiger partial charge in [-0.05, 0) is 31.7 Å². The fraction of sp³-hybridized carbons (Fsp3) is 0.750. The molecule has 118 valence electrons. The molecule has 1 fully saturated rings. The summed E-state index contributed by atoms with van der Waals surface area (Å²) in [6, 6.07) is 1.94. The van der Waals surface area contributed by atoms with Crippen molar-refractivity contribution in [3.63, 3.8) is 0 Å². The van der Waals surface area contributed by atoms with Gasteiger partial charge in [-0.2, -0.15) is 5.10 Å². The molecule has 1 N–H and O–H groups in total. The average molecular weight is 292 g/mol. The van der Waals surface area contributed by atoms with E-state index in [1.54, 1.807) is 10.7 Å². The van der Waals surface area contributed by atoms with Gasteiger partial charge in [0.1, 0.15) is 0 Å². The third-order valence-corrected chi connectivity index (χ3v) is 4.33. The number of anilines is 1. The van der Waals surface area contributed by atoms with Gasteiger partial charge in [0.05, 0.1) is 18.4 Å². The van der Waals surface area contributed by atoms with E-state index in [1.807, 2.05) is 13.2 Å². The van der Waals surface area contributed by atoms with E-state index in [1.165, 1.54) is 19.3 Å². The first-order valence-electron chi connectivity index (χ1n) is 7.91. The molecule has 1 unspecified atom stereocenters. The van der Waals surface area contributed by atoms with Gasteiger partial charge in [0.2, 0.25) is 0 Å². The highest BCUT2D eigenvalue weighted by molar-refractivity contribution is 5.43. The van der Waals surface area contributed by atoms with Crippen LogP contribution in [0, 0.1) is 5.41 Å². The summed E-state index contributed by atoms with van der Waals surface area (Å²) in [5, 5.41) is 7.66. The number of nitrogens with one attached hydrogen (secondary N) is 1. The Labute approximate surface area is 127 Å². The van der Waals surface area contributed by atoms with Crippen molar-refractivity contribution in [1.82, 2.24) is 15.1 Å². The third-order valence-electron chi connectivity index (χ3n) is 4.33. The van der Waals surface area contributed by atoms with Crippen LogP contribution in [0.2, 0.25) is 0 Å². The molecule has 0 radical (unpaired) electrons. The molecular weight excluding hydrogens is 264 g/mol. The normalized spacial score (nSPS) is 17.8. The molecule has 1 aromatic rings. The van der Waals surface area contributed by atoms with Crippen molar-refractivity contribution in [2.24, 2.45) is 5.41 Å². The highest BCUT2D eigenvalue weighted by atomic mass is 16.1. The van der Waals surface area contributed by atoms with Crippen LogP contribution in [0.4, 0.5) is 5.69 Å². The van der Waals surface area contributed by atoms with Gasteiger partial charge in [-0.1, -0.05) is 20.8 Å². The van der Waals surface area contributed by atoms with Gasteiger partial charge in [0.25, 0.3) is 5.56 Å². The van der Waals surface area contributed by atoms with E-state index >= 15 is 0 Å². The second kappa shape index (κ2) is 6.60. The molecule has 0 saturated carbocycles. The molecule has 0 aliphatic carbocycles. The Morgan fingerprint density at radius 2 is 1.95 bits per heavy atom. The molecule has 1 aliphatic rings. The summed E-state index contributed by atoms with van der Waals surface area (Å²) in [6.07, 6.45) is 5.53. The summed E-state index contributed by atoms with van der Waals surface area (Å²) >= 11 is 0. The third kappa shape index (κ3) is 4.06. The quantitative estimate of drug-likeness (QED) is 0.920. The van der Waals surface area contributed by atoms with Gasteiger partial charge in [0.15, 0.2) is 0 Å². The molecule has 1 saturated heterocycles. The molecule has 1 aliphatic heterocycles. The van der Waals surface area contributed by atoms with Gasteiger partial charge in [-0.15, -0.1) is 0 Å². The number of hydrogen-bond acceptors (Lipinski definition) is 4. The van der Waals surface area contributed by atoms with E-state index in [4.69, 9.17) is 0 Å². The molecule has 1 aromatic heterocycles. The summed E-state index contributed by atoms with van der Waals surface area (Å²) in [6.45, 7) is 9.17. The van der Waals surface area contributed by atoms with Crippen molar-refractivity contribution in [3.05, 3.63) is 22.6 Å². The zero-order valence-electron chi connectivity index (χ0n) is 13.7. The fourth-order valence-corrected chi connectivity index (χ4v) is 2.86. The lowest BCUT2D eigenvalue weighted by Crippen LogP contribution is -2.44. The number of aromatic nitrogens is 2. The predicted molar refractivity (Wildman–Crippen MR) is 86.9 cm³/mol. The summed E-state index contributed by atoms with van der Waals surface area (Å²) < 4.78 is 1.57. The molecule has 0 bridgehead atoms. The summed E-state index contributed by atoms with van der Waals surface area (Å²) in [4.78, 5) is 14.6. The zero-order valence-corrected chi connectivity index (χ0v) is 13.7. The lowest BCUT2D eigenvalue weighted by Gasteiger charge is -2.31. The summed E-state index contributed by atoms with van der Waals surface area (Å²) in [7, 11) is 1.93. The second-order valence-corrected chi connectivity index (χ2v) is 6.99. The van der Waals surface area contributed by atoms with Crippen LogP contribution in [0.25, 0.3) is 0 Å². The number of piperidine rings is 1. The minimum Gasteiger partial charge on any atom is -0.370 e. The summed E-state index contributed by atoms with van der Waals surface area (Å²) in [5.41, 5.74) is 1.04. The van der Waals surface area contributed by atoms with Crippen LogP contribution in [-0.4, -0.2) is 36.0 Å². The average Bonchev–Trinajstić information content (AvgIpc) is 2.45. The first-order valence-corrected chi connectivity index (χ1v) is 7.91. The highest BCUT2D eigenvalue weighted by Crippen LogP contribution is 2.20. The number of hydrogen-bond donors (Lipinski definition) is 1. The van der Waals surface area contributed by atoms with Crippen molar-refractivity contribution < 1.29 is 0 Å². The topological polar surface area (TPSA) is 50.2 Å². The number of nitrogens with zero attached hydrogens (tertiary/aromatic N) is 3. The Morgan fingerprint density at radius 3 is 2.48 bits per heavy atom. The fourth-order valence-electron chi connectivity index (χ4n) is 2.86. The molecule has 1 atom stereocenters. The van der Waals surface area contributed by atoms with Gasteiger partial charge < -0.3 is 10.2 Å². The molecule has 0 aromatic carbocycles. The standard InChI is InChI=1S/C16H28N4O/c1-16(2,3)14(17-4)12-20-15(21)10-13(11-18-20)19-8-6-5-7-9-19/h10-11,14,17H,5-9,12H2,1-4H3. The van der Waals surface area contributed by atoms with Crippen molar-refractivity contribution in [2.45, 2.75) is 52.6 Å². The maximum absolute atomic E-state index is 12.3. The minimum absolute atomic E-state index is 0.0115. The molecule has 21 heavy (non-hydrogen) atoms. The Bertz CT molecular complexity index is 512. The van der Waals surface area contributed by atoms with E-state index in [0.717, 1.165) is 18.8 Å². The van der Waals surface area contributed by atoms with Crippen LogP contribution < -0.4 is 15.8 Å². The molecule has 0 spiro atoms. The molecular formula is C16H28N4O. The van der Waals surface area contributed by atoms with Gasteiger partial charge in [-0.25, -0.2) is 4.68 Å². The van der Waals surface area contributed by atoms with Crippen LogP contribution in [0.3, 0.4) is 0 Å². The zero-order chi connectivity index (χ0) is 15.5.